The van der Waals surface area contributed by atoms with Crippen molar-refractivity contribution in [2.75, 3.05) is 5.43 Å². The minimum Gasteiger partial charge on any atom is -0.287 e. The van der Waals surface area contributed by atoms with Crippen molar-refractivity contribution in [3.63, 3.8) is 0 Å². The lowest BCUT2D eigenvalue weighted by atomic mass is 9.95. The summed E-state index contributed by atoms with van der Waals surface area (Å²) >= 11 is 0. The summed E-state index contributed by atoms with van der Waals surface area (Å²) in [6.45, 7) is 3.97. The third kappa shape index (κ3) is 4.04. The van der Waals surface area contributed by atoms with E-state index < -0.39 is 0 Å². The van der Waals surface area contributed by atoms with Gasteiger partial charge in [-0.25, -0.2) is 0 Å². The first-order valence-corrected chi connectivity index (χ1v) is 9.35. The highest BCUT2D eigenvalue weighted by Gasteiger charge is 2.18. The van der Waals surface area contributed by atoms with Gasteiger partial charge >= 0.3 is 0 Å². The van der Waals surface area contributed by atoms with Crippen molar-refractivity contribution < 1.29 is 4.79 Å². The number of hydrogen-bond donors (Lipinski definition) is 1. The summed E-state index contributed by atoms with van der Waals surface area (Å²) in [5, 5.41) is 13.0. The van der Waals surface area contributed by atoms with Crippen LogP contribution in [0.5, 0.6) is 0 Å². The van der Waals surface area contributed by atoms with E-state index in [4.69, 9.17) is 0 Å². The lowest BCUT2D eigenvalue weighted by Crippen LogP contribution is -2.19. The molecule has 142 valence electrons. The molecule has 0 radical (unpaired) electrons. The Bertz CT molecular complexity index is 1180. The van der Waals surface area contributed by atoms with E-state index in [1.807, 2.05) is 86.7 Å². The summed E-state index contributed by atoms with van der Waals surface area (Å²) in [5.41, 5.74) is 9.70. The van der Waals surface area contributed by atoms with E-state index in [1.54, 1.807) is 6.08 Å². The highest BCUT2D eigenvalue weighted by atomic mass is 16.1. The lowest BCUT2D eigenvalue weighted by Gasteiger charge is -2.13. The molecule has 1 aliphatic rings. The molecule has 0 spiro atoms. The molecule has 3 aromatic carbocycles. The minimum atomic E-state index is -0.113. The van der Waals surface area contributed by atoms with Gasteiger partial charge in [0, 0.05) is 5.56 Å². The Morgan fingerprint density at radius 1 is 0.793 bits per heavy atom. The molecule has 1 aliphatic carbocycles. The summed E-state index contributed by atoms with van der Waals surface area (Å²) in [5.74, 6) is -0.113. The maximum atomic E-state index is 12.3. The first kappa shape index (κ1) is 18.5. The van der Waals surface area contributed by atoms with E-state index in [9.17, 15) is 4.79 Å². The van der Waals surface area contributed by atoms with Crippen molar-refractivity contribution in [1.29, 1.82) is 0 Å². The third-order valence-corrected chi connectivity index (χ3v) is 4.75. The Morgan fingerprint density at radius 2 is 1.59 bits per heavy atom. The predicted octanol–water partition coefficient (Wildman–Crippen LogP) is 6.13. The van der Waals surface area contributed by atoms with Gasteiger partial charge in [-0.3, -0.25) is 10.2 Å². The second-order valence-corrected chi connectivity index (χ2v) is 6.84. The molecule has 5 nitrogen and oxygen atoms in total. The molecule has 0 aliphatic heterocycles. The molecule has 0 saturated heterocycles. The number of nitrogens with one attached hydrogen (secondary N) is 1. The van der Waals surface area contributed by atoms with Crippen molar-refractivity contribution in [1.82, 2.24) is 0 Å². The zero-order valence-electron chi connectivity index (χ0n) is 16.3. The summed E-state index contributed by atoms with van der Waals surface area (Å²) in [4.78, 5) is 12.3. The number of nitrogens with zero attached hydrogens (tertiary/aromatic N) is 3. The van der Waals surface area contributed by atoms with Crippen LogP contribution >= 0.6 is 0 Å². The predicted molar refractivity (Wildman–Crippen MR) is 117 cm³/mol. The number of allylic oxidation sites excluding steroid dienone is 1. The summed E-state index contributed by atoms with van der Waals surface area (Å²) in [7, 11) is 0. The van der Waals surface area contributed by atoms with Gasteiger partial charge in [-0.05, 0) is 60.9 Å². The molecule has 0 fully saturated rings. The van der Waals surface area contributed by atoms with Crippen LogP contribution in [-0.2, 0) is 4.79 Å². The molecule has 4 rings (SSSR count). The molecule has 3 aromatic rings. The average molecular weight is 380 g/mol. The van der Waals surface area contributed by atoms with Crippen molar-refractivity contribution in [2.24, 2.45) is 15.3 Å². The van der Waals surface area contributed by atoms with Gasteiger partial charge in [-0.2, -0.15) is 15.3 Å². The molecule has 0 aromatic heterocycles. The van der Waals surface area contributed by atoms with Crippen LogP contribution in [0, 0.1) is 13.8 Å². The lowest BCUT2D eigenvalue weighted by molar-refractivity contribution is -0.108. The number of carbonyl (C=O) groups excluding carboxylic acids is 1. The van der Waals surface area contributed by atoms with Crippen molar-refractivity contribution >= 4 is 34.6 Å². The normalized spacial score (nSPS) is 14.4. The highest BCUT2D eigenvalue weighted by Crippen LogP contribution is 2.26. The molecule has 0 saturated carbocycles. The number of fused-ring (bicyclic) bond motifs is 1. The number of benzene rings is 3. The van der Waals surface area contributed by atoms with Crippen LogP contribution in [0.3, 0.4) is 0 Å². The monoisotopic (exact) mass is 380 g/mol. The van der Waals surface area contributed by atoms with Gasteiger partial charge in [0.1, 0.15) is 5.71 Å². The van der Waals surface area contributed by atoms with E-state index in [-0.39, 0.29) is 5.78 Å². The number of ketones is 1. The Labute approximate surface area is 169 Å². The van der Waals surface area contributed by atoms with Crippen LogP contribution in [0.25, 0.3) is 6.08 Å². The number of hydrazone groups is 1. The zero-order chi connectivity index (χ0) is 20.2. The molecule has 0 amide bonds. The van der Waals surface area contributed by atoms with E-state index in [0.29, 0.717) is 5.71 Å². The first-order chi connectivity index (χ1) is 14.1. The number of aryl methyl sites for hydroxylation is 2. The van der Waals surface area contributed by atoms with Crippen LogP contribution in [0.1, 0.15) is 22.3 Å². The number of hydrogen-bond acceptors (Lipinski definition) is 5. The van der Waals surface area contributed by atoms with Gasteiger partial charge in [0.25, 0.3) is 0 Å². The van der Waals surface area contributed by atoms with Crippen LogP contribution in [-0.4, -0.2) is 11.5 Å². The van der Waals surface area contributed by atoms with Crippen molar-refractivity contribution in [3.05, 3.63) is 95.1 Å². The molecule has 0 atom stereocenters. The van der Waals surface area contributed by atoms with Gasteiger partial charge in [0.05, 0.1) is 17.1 Å². The maximum absolute atomic E-state index is 12.3. The molecule has 0 unspecified atom stereocenters. The van der Waals surface area contributed by atoms with E-state index >= 15 is 0 Å². The summed E-state index contributed by atoms with van der Waals surface area (Å²) in [6.07, 6.45) is 3.36. The van der Waals surface area contributed by atoms with E-state index in [2.05, 4.69) is 20.8 Å². The largest absolute Gasteiger partial charge is 0.287 e. The number of carbonyl (C=O) groups is 1. The third-order valence-electron chi connectivity index (χ3n) is 4.75. The second-order valence-electron chi connectivity index (χ2n) is 6.84. The van der Waals surface area contributed by atoms with Gasteiger partial charge < -0.3 is 0 Å². The molecule has 0 bridgehead atoms. The molecule has 29 heavy (non-hydrogen) atoms. The second kappa shape index (κ2) is 8.02. The molecule has 0 heterocycles. The molecular formula is C24H20N4O. The fourth-order valence-electron chi connectivity index (χ4n) is 3.09. The van der Waals surface area contributed by atoms with Crippen molar-refractivity contribution in [3.8, 4) is 0 Å². The molecule has 5 heteroatoms. The van der Waals surface area contributed by atoms with E-state index in [0.717, 1.165) is 39.3 Å². The van der Waals surface area contributed by atoms with Crippen molar-refractivity contribution in [2.45, 2.75) is 13.8 Å². The van der Waals surface area contributed by atoms with Crippen LogP contribution in [0.4, 0.5) is 17.1 Å². The van der Waals surface area contributed by atoms with Gasteiger partial charge in [-0.15, -0.1) is 0 Å². The smallest absolute Gasteiger partial charge is 0.206 e. The maximum Gasteiger partial charge on any atom is 0.206 e. The highest BCUT2D eigenvalue weighted by molar-refractivity contribution is 6.52. The Balaban J connectivity index is 1.55. The van der Waals surface area contributed by atoms with Crippen LogP contribution < -0.4 is 5.43 Å². The molecular weight excluding hydrogens is 360 g/mol. The average Bonchev–Trinajstić information content (AvgIpc) is 2.73. The Morgan fingerprint density at radius 3 is 2.41 bits per heavy atom. The standard InChI is InChI=1S/C24H20N4O/c1-16-7-3-6-10-21(16)26-25-19-12-13-22(17(2)15-19)27-28-24-20-9-5-4-8-18(20)11-14-23(24)29/h3-15,27H,1-2H3/b26-25?,28-24-. The minimum absolute atomic E-state index is 0.113. The Kier molecular flexibility index (Phi) is 5.12. The fourth-order valence-corrected chi connectivity index (χ4v) is 3.09. The SMILES string of the molecule is Cc1ccccc1N=Nc1ccc(N/N=C2\C(=O)C=Cc3ccccc32)c(C)c1. The fraction of sp³-hybridized carbons (Fsp3) is 0.0833. The molecule has 1 N–H and O–H groups in total. The Hall–Kier alpha value is -3.86. The summed E-state index contributed by atoms with van der Waals surface area (Å²) < 4.78 is 0. The number of azo groups is 1. The zero-order valence-corrected chi connectivity index (χ0v) is 16.3. The number of rotatable bonds is 4. The topological polar surface area (TPSA) is 66.2 Å². The van der Waals surface area contributed by atoms with Gasteiger partial charge in [0.2, 0.25) is 5.78 Å². The van der Waals surface area contributed by atoms with Crippen LogP contribution in [0.2, 0.25) is 0 Å². The quantitative estimate of drug-likeness (QED) is 0.437. The summed E-state index contributed by atoms with van der Waals surface area (Å²) in [6, 6.07) is 21.3. The van der Waals surface area contributed by atoms with Crippen LogP contribution in [0.15, 0.2) is 88.1 Å². The van der Waals surface area contributed by atoms with E-state index in [1.165, 1.54) is 0 Å². The van der Waals surface area contributed by atoms with Gasteiger partial charge in [0.15, 0.2) is 0 Å². The number of anilines is 1. The van der Waals surface area contributed by atoms with Gasteiger partial charge in [-0.1, -0.05) is 48.5 Å². The first-order valence-electron chi connectivity index (χ1n) is 9.35.